The lowest BCUT2D eigenvalue weighted by molar-refractivity contribution is -0.143. The molecular weight excluding hydrogens is 190 g/mol. The highest BCUT2D eigenvalue weighted by Gasteiger charge is 2.25. The van der Waals surface area contributed by atoms with Crippen LogP contribution in [-0.4, -0.2) is 15.6 Å². The van der Waals surface area contributed by atoms with Crippen molar-refractivity contribution in [1.29, 1.82) is 0 Å². The summed E-state index contributed by atoms with van der Waals surface area (Å²) < 4.78 is 2.19. The standard InChI is InChI=1S/C12H17NO2/c14-12(15)11-5-3-10(4-6-11)9-13-7-1-2-8-13/h1-2,7-8,10-11H,3-6,9H2,(H,14,15). The Hall–Kier alpha value is -1.25. The van der Waals surface area contributed by atoms with E-state index in [1.54, 1.807) is 0 Å². The molecule has 82 valence electrons. The molecule has 0 aliphatic heterocycles. The average molecular weight is 207 g/mol. The van der Waals surface area contributed by atoms with E-state index in [9.17, 15) is 4.79 Å². The first kappa shape index (κ1) is 10.3. The van der Waals surface area contributed by atoms with Crippen LogP contribution in [0.1, 0.15) is 25.7 Å². The first-order chi connectivity index (χ1) is 7.25. The second kappa shape index (κ2) is 4.51. The minimum atomic E-state index is -0.616. The van der Waals surface area contributed by atoms with Crippen molar-refractivity contribution in [1.82, 2.24) is 4.57 Å². The van der Waals surface area contributed by atoms with Crippen molar-refractivity contribution in [3.63, 3.8) is 0 Å². The fourth-order valence-corrected chi connectivity index (χ4v) is 2.38. The Morgan fingerprint density at radius 3 is 2.33 bits per heavy atom. The van der Waals surface area contributed by atoms with Gasteiger partial charge < -0.3 is 9.67 Å². The van der Waals surface area contributed by atoms with Gasteiger partial charge in [-0.1, -0.05) is 0 Å². The van der Waals surface area contributed by atoms with Gasteiger partial charge in [-0.3, -0.25) is 4.79 Å². The average Bonchev–Trinajstić information content (AvgIpc) is 2.71. The van der Waals surface area contributed by atoms with Gasteiger partial charge in [0.05, 0.1) is 5.92 Å². The van der Waals surface area contributed by atoms with Gasteiger partial charge in [0.2, 0.25) is 0 Å². The lowest BCUT2D eigenvalue weighted by Crippen LogP contribution is -2.23. The molecule has 1 aromatic heterocycles. The van der Waals surface area contributed by atoms with Crippen LogP contribution in [-0.2, 0) is 11.3 Å². The van der Waals surface area contributed by atoms with E-state index in [0.29, 0.717) is 5.92 Å². The SMILES string of the molecule is O=C(O)C1CCC(Cn2cccc2)CC1. The molecule has 1 aromatic rings. The zero-order chi connectivity index (χ0) is 10.7. The summed E-state index contributed by atoms with van der Waals surface area (Å²) in [4.78, 5) is 10.8. The highest BCUT2D eigenvalue weighted by molar-refractivity contribution is 5.69. The summed E-state index contributed by atoms with van der Waals surface area (Å²) in [6.07, 6.45) is 7.94. The summed E-state index contributed by atoms with van der Waals surface area (Å²) in [5.74, 6) is -0.0478. The third-order valence-corrected chi connectivity index (χ3v) is 3.33. The van der Waals surface area contributed by atoms with Crippen molar-refractivity contribution < 1.29 is 9.90 Å². The maximum absolute atomic E-state index is 10.8. The number of carboxylic acid groups (broad SMARTS) is 1. The van der Waals surface area contributed by atoms with Gasteiger partial charge in [0.15, 0.2) is 0 Å². The Kier molecular flexibility index (Phi) is 3.09. The number of rotatable bonds is 3. The number of carbonyl (C=O) groups is 1. The van der Waals surface area contributed by atoms with Crippen LogP contribution in [0.4, 0.5) is 0 Å². The molecule has 0 bridgehead atoms. The van der Waals surface area contributed by atoms with E-state index < -0.39 is 5.97 Å². The highest BCUT2D eigenvalue weighted by Crippen LogP contribution is 2.29. The fourth-order valence-electron chi connectivity index (χ4n) is 2.38. The lowest BCUT2D eigenvalue weighted by atomic mass is 9.82. The Balaban J connectivity index is 1.81. The van der Waals surface area contributed by atoms with Gasteiger partial charge in [-0.25, -0.2) is 0 Å². The Morgan fingerprint density at radius 1 is 1.20 bits per heavy atom. The molecule has 0 aromatic carbocycles. The van der Waals surface area contributed by atoms with E-state index in [4.69, 9.17) is 5.11 Å². The summed E-state index contributed by atoms with van der Waals surface area (Å²) in [5.41, 5.74) is 0. The van der Waals surface area contributed by atoms with E-state index in [-0.39, 0.29) is 5.92 Å². The molecule has 0 unspecified atom stereocenters. The summed E-state index contributed by atoms with van der Waals surface area (Å²) in [6, 6.07) is 4.06. The quantitative estimate of drug-likeness (QED) is 0.826. The molecule has 1 saturated carbocycles. The minimum Gasteiger partial charge on any atom is -0.481 e. The molecule has 1 aliphatic carbocycles. The van der Waals surface area contributed by atoms with Crippen molar-refractivity contribution in [2.24, 2.45) is 11.8 Å². The zero-order valence-corrected chi connectivity index (χ0v) is 8.80. The zero-order valence-electron chi connectivity index (χ0n) is 8.80. The van der Waals surface area contributed by atoms with Crippen LogP contribution in [0.15, 0.2) is 24.5 Å². The van der Waals surface area contributed by atoms with E-state index in [2.05, 4.69) is 17.0 Å². The van der Waals surface area contributed by atoms with Crippen molar-refractivity contribution in [2.75, 3.05) is 0 Å². The number of carboxylic acids is 1. The second-order valence-corrected chi connectivity index (χ2v) is 4.44. The third-order valence-electron chi connectivity index (χ3n) is 3.33. The van der Waals surface area contributed by atoms with Crippen molar-refractivity contribution in [3.05, 3.63) is 24.5 Å². The molecule has 1 aliphatic rings. The molecule has 0 radical (unpaired) electrons. The van der Waals surface area contributed by atoms with Gasteiger partial charge >= 0.3 is 5.97 Å². The smallest absolute Gasteiger partial charge is 0.306 e. The highest BCUT2D eigenvalue weighted by atomic mass is 16.4. The molecule has 2 rings (SSSR count). The van der Waals surface area contributed by atoms with Gasteiger partial charge in [-0.15, -0.1) is 0 Å². The molecule has 3 nitrogen and oxygen atoms in total. The lowest BCUT2D eigenvalue weighted by Gasteiger charge is -2.26. The predicted octanol–water partition coefficient (Wildman–Crippen LogP) is 2.38. The van der Waals surface area contributed by atoms with Gasteiger partial charge in [0, 0.05) is 18.9 Å². The van der Waals surface area contributed by atoms with Gasteiger partial charge in [-0.2, -0.15) is 0 Å². The molecule has 0 spiro atoms. The first-order valence-corrected chi connectivity index (χ1v) is 5.59. The number of hydrogen-bond acceptors (Lipinski definition) is 1. The Morgan fingerprint density at radius 2 is 1.80 bits per heavy atom. The molecule has 0 saturated heterocycles. The van der Waals surface area contributed by atoms with Crippen LogP contribution < -0.4 is 0 Å². The van der Waals surface area contributed by atoms with E-state index in [1.807, 2.05) is 12.1 Å². The molecule has 1 N–H and O–H groups in total. The van der Waals surface area contributed by atoms with Gasteiger partial charge in [0.25, 0.3) is 0 Å². The van der Waals surface area contributed by atoms with Crippen LogP contribution >= 0.6 is 0 Å². The maximum Gasteiger partial charge on any atom is 0.306 e. The van der Waals surface area contributed by atoms with Crippen LogP contribution in [0, 0.1) is 11.8 Å². The Labute approximate surface area is 89.7 Å². The van der Waals surface area contributed by atoms with Crippen molar-refractivity contribution in [2.45, 2.75) is 32.2 Å². The molecule has 15 heavy (non-hydrogen) atoms. The van der Waals surface area contributed by atoms with Crippen LogP contribution in [0.3, 0.4) is 0 Å². The molecule has 1 heterocycles. The van der Waals surface area contributed by atoms with Crippen molar-refractivity contribution >= 4 is 5.97 Å². The maximum atomic E-state index is 10.8. The number of aliphatic carboxylic acids is 1. The molecule has 3 heteroatoms. The van der Waals surface area contributed by atoms with Gasteiger partial charge in [0.1, 0.15) is 0 Å². The van der Waals surface area contributed by atoms with E-state index in [1.165, 1.54) is 0 Å². The topological polar surface area (TPSA) is 42.2 Å². The fraction of sp³-hybridized carbons (Fsp3) is 0.583. The Bertz CT molecular complexity index is 310. The molecular formula is C12H17NO2. The summed E-state index contributed by atoms with van der Waals surface area (Å²) in [6.45, 7) is 1.04. The van der Waals surface area contributed by atoms with Crippen molar-refractivity contribution in [3.8, 4) is 0 Å². The van der Waals surface area contributed by atoms with Crippen LogP contribution in [0.2, 0.25) is 0 Å². The normalized spacial score (nSPS) is 26.4. The van der Waals surface area contributed by atoms with Gasteiger partial charge in [-0.05, 0) is 43.7 Å². The van der Waals surface area contributed by atoms with E-state index >= 15 is 0 Å². The number of nitrogens with zero attached hydrogens (tertiary/aromatic N) is 1. The first-order valence-electron chi connectivity index (χ1n) is 5.59. The summed E-state index contributed by atoms with van der Waals surface area (Å²) in [7, 11) is 0. The minimum absolute atomic E-state index is 0.0917. The second-order valence-electron chi connectivity index (χ2n) is 4.44. The summed E-state index contributed by atoms with van der Waals surface area (Å²) in [5, 5.41) is 8.88. The van der Waals surface area contributed by atoms with E-state index in [0.717, 1.165) is 32.2 Å². The predicted molar refractivity (Wildman–Crippen MR) is 57.5 cm³/mol. The number of hydrogen-bond donors (Lipinski definition) is 1. The molecule has 1 fully saturated rings. The molecule has 0 atom stereocenters. The number of aromatic nitrogens is 1. The van der Waals surface area contributed by atoms with Crippen LogP contribution in [0.25, 0.3) is 0 Å². The molecule has 0 amide bonds. The van der Waals surface area contributed by atoms with Crippen LogP contribution in [0.5, 0.6) is 0 Å². The third kappa shape index (κ3) is 2.61. The largest absolute Gasteiger partial charge is 0.481 e. The summed E-state index contributed by atoms with van der Waals surface area (Å²) >= 11 is 0. The monoisotopic (exact) mass is 207 g/mol.